The van der Waals surface area contributed by atoms with Crippen LogP contribution < -0.4 is 5.73 Å². The molecule has 2 heterocycles. The van der Waals surface area contributed by atoms with E-state index in [1.807, 2.05) is 0 Å². The Morgan fingerprint density at radius 2 is 2.10 bits per heavy atom. The van der Waals surface area contributed by atoms with E-state index in [9.17, 15) is 19.6 Å². The quantitative estimate of drug-likeness (QED) is 0.372. The molecule has 4 unspecified atom stereocenters. The molecule has 0 aliphatic carbocycles. The standard InChI is InChI=1S/C8H12N3O8PS/c9-6(14)7-10-8(21-11-7)5-4(13)3(12)2(19-5)1-18-20(15,16)17/h2-5,12-13H,1H2,(H2,9,14)(H2,15,16,17). The SMILES string of the molecule is NC(=O)c1nsc(C2OC(COP(=O)(O)O)C(O)C2O)n1. The van der Waals surface area contributed by atoms with Crippen molar-refractivity contribution in [1.82, 2.24) is 9.36 Å². The number of hydrogen-bond acceptors (Lipinski definition) is 9. The number of primary amides is 1. The first-order valence-electron chi connectivity index (χ1n) is 5.54. The zero-order chi connectivity index (χ0) is 15.8. The molecule has 6 N–H and O–H groups in total. The second-order valence-corrected chi connectivity index (χ2v) is 6.21. The van der Waals surface area contributed by atoms with Gasteiger partial charge in [0.1, 0.15) is 29.4 Å². The molecule has 1 fully saturated rings. The third kappa shape index (κ3) is 3.81. The normalized spacial score (nSPS) is 29.7. The number of ether oxygens (including phenoxy) is 1. The van der Waals surface area contributed by atoms with Crippen molar-refractivity contribution in [2.24, 2.45) is 5.73 Å². The Balaban J connectivity index is 2.08. The van der Waals surface area contributed by atoms with Crippen molar-refractivity contribution in [2.75, 3.05) is 6.61 Å². The molecule has 0 saturated carbocycles. The second kappa shape index (κ2) is 6.02. The molecule has 1 saturated heterocycles. The Morgan fingerprint density at radius 1 is 1.43 bits per heavy atom. The molecule has 118 valence electrons. The number of aromatic nitrogens is 2. The minimum Gasteiger partial charge on any atom is -0.387 e. The largest absolute Gasteiger partial charge is 0.469 e. The molecule has 1 amide bonds. The van der Waals surface area contributed by atoms with Gasteiger partial charge < -0.3 is 30.5 Å². The molecule has 0 spiro atoms. The average molecular weight is 341 g/mol. The summed E-state index contributed by atoms with van der Waals surface area (Å²) in [6.45, 7) is -0.625. The van der Waals surface area contributed by atoms with Crippen LogP contribution in [0.5, 0.6) is 0 Å². The molecule has 4 atom stereocenters. The van der Waals surface area contributed by atoms with E-state index in [1.165, 1.54) is 0 Å². The molecule has 21 heavy (non-hydrogen) atoms. The summed E-state index contributed by atoms with van der Waals surface area (Å²) in [6.07, 6.45) is -5.12. The van der Waals surface area contributed by atoms with Gasteiger partial charge in [-0.25, -0.2) is 9.55 Å². The van der Waals surface area contributed by atoms with E-state index in [2.05, 4.69) is 13.9 Å². The zero-order valence-corrected chi connectivity index (χ0v) is 12.0. The van der Waals surface area contributed by atoms with Crippen LogP contribution in [0.25, 0.3) is 0 Å². The van der Waals surface area contributed by atoms with E-state index in [0.29, 0.717) is 0 Å². The summed E-state index contributed by atoms with van der Waals surface area (Å²) >= 11 is 0.754. The number of carbonyl (C=O) groups is 1. The van der Waals surface area contributed by atoms with Crippen LogP contribution in [0.15, 0.2) is 0 Å². The van der Waals surface area contributed by atoms with E-state index >= 15 is 0 Å². The average Bonchev–Trinajstić information content (AvgIpc) is 2.94. The predicted octanol–water partition coefficient (Wildman–Crippen LogP) is -2.09. The molecule has 0 radical (unpaired) electrons. The number of phosphoric acid groups is 1. The number of nitrogens with zero attached hydrogens (tertiary/aromatic N) is 2. The Kier molecular flexibility index (Phi) is 4.70. The molecule has 13 heteroatoms. The van der Waals surface area contributed by atoms with Crippen LogP contribution in [0, 0.1) is 0 Å². The number of carbonyl (C=O) groups excluding carboxylic acids is 1. The molecular formula is C8H12N3O8PS. The maximum atomic E-state index is 10.9. The summed E-state index contributed by atoms with van der Waals surface area (Å²) < 4.78 is 23.7. The highest BCUT2D eigenvalue weighted by atomic mass is 32.1. The van der Waals surface area contributed by atoms with Gasteiger partial charge in [-0.15, -0.1) is 0 Å². The van der Waals surface area contributed by atoms with E-state index in [4.69, 9.17) is 20.3 Å². The first kappa shape index (κ1) is 16.4. The highest BCUT2D eigenvalue weighted by molar-refractivity contribution is 7.46. The maximum absolute atomic E-state index is 10.9. The van der Waals surface area contributed by atoms with Crippen LogP contribution in [0.2, 0.25) is 0 Å². The number of rotatable bonds is 5. The second-order valence-electron chi connectivity index (χ2n) is 4.18. The predicted molar refractivity (Wildman–Crippen MR) is 66.1 cm³/mol. The molecular weight excluding hydrogens is 329 g/mol. The minimum atomic E-state index is -4.72. The fourth-order valence-corrected chi connectivity index (χ4v) is 2.79. The first-order valence-corrected chi connectivity index (χ1v) is 7.84. The van der Waals surface area contributed by atoms with Crippen molar-refractivity contribution in [3.05, 3.63) is 10.8 Å². The van der Waals surface area contributed by atoms with Crippen LogP contribution in [-0.2, 0) is 13.8 Å². The van der Waals surface area contributed by atoms with Gasteiger partial charge >= 0.3 is 7.82 Å². The number of phosphoric ester groups is 1. The Morgan fingerprint density at radius 3 is 2.62 bits per heavy atom. The van der Waals surface area contributed by atoms with E-state index in [-0.39, 0.29) is 10.8 Å². The molecule has 1 aromatic rings. The highest BCUT2D eigenvalue weighted by Crippen LogP contribution is 2.39. The van der Waals surface area contributed by atoms with Gasteiger partial charge in [0.05, 0.1) is 6.61 Å². The van der Waals surface area contributed by atoms with Crippen molar-refractivity contribution in [3.63, 3.8) is 0 Å². The lowest BCUT2D eigenvalue weighted by Gasteiger charge is -2.14. The van der Waals surface area contributed by atoms with Crippen LogP contribution in [0.1, 0.15) is 21.7 Å². The fourth-order valence-electron chi connectivity index (χ4n) is 1.71. The monoisotopic (exact) mass is 341 g/mol. The number of aliphatic hydroxyl groups excluding tert-OH is 2. The van der Waals surface area contributed by atoms with Gasteiger partial charge in [0.15, 0.2) is 0 Å². The summed E-state index contributed by atoms with van der Waals surface area (Å²) in [5, 5.41) is 19.7. The Labute approximate surface area is 121 Å². The van der Waals surface area contributed by atoms with Crippen LogP contribution >= 0.6 is 19.4 Å². The maximum Gasteiger partial charge on any atom is 0.469 e. The van der Waals surface area contributed by atoms with Crippen molar-refractivity contribution in [3.8, 4) is 0 Å². The molecule has 11 nitrogen and oxygen atoms in total. The van der Waals surface area contributed by atoms with Gasteiger partial charge in [0.2, 0.25) is 5.82 Å². The van der Waals surface area contributed by atoms with Crippen molar-refractivity contribution in [2.45, 2.75) is 24.4 Å². The fraction of sp³-hybridized carbons (Fsp3) is 0.625. The topological polar surface area (TPSA) is 185 Å². The number of hydrogen-bond donors (Lipinski definition) is 5. The van der Waals surface area contributed by atoms with Crippen LogP contribution in [0.3, 0.4) is 0 Å². The van der Waals surface area contributed by atoms with Gasteiger partial charge in [-0.1, -0.05) is 0 Å². The lowest BCUT2D eigenvalue weighted by atomic mass is 10.1. The first-order chi connectivity index (χ1) is 9.69. The number of amides is 1. The lowest BCUT2D eigenvalue weighted by Crippen LogP contribution is -2.33. The zero-order valence-electron chi connectivity index (χ0n) is 10.3. The molecule has 0 aromatic carbocycles. The summed E-state index contributed by atoms with van der Waals surface area (Å²) in [5.41, 5.74) is 4.99. The van der Waals surface area contributed by atoms with Gasteiger partial charge in [-0.3, -0.25) is 9.32 Å². The minimum absolute atomic E-state index is 0.106. The van der Waals surface area contributed by atoms with Crippen molar-refractivity contribution < 1.29 is 38.6 Å². The highest BCUT2D eigenvalue weighted by Gasteiger charge is 2.45. The number of nitrogens with two attached hydrogens (primary N) is 1. The smallest absolute Gasteiger partial charge is 0.387 e. The Bertz CT molecular complexity index is 576. The van der Waals surface area contributed by atoms with Gasteiger partial charge in [0.25, 0.3) is 5.91 Å². The molecule has 2 rings (SSSR count). The van der Waals surface area contributed by atoms with E-state index < -0.39 is 44.8 Å². The van der Waals surface area contributed by atoms with Crippen molar-refractivity contribution >= 4 is 25.3 Å². The summed E-state index contributed by atoms with van der Waals surface area (Å²) in [4.78, 5) is 31.8. The van der Waals surface area contributed by atoms with E-state index in [0.717, 1.165) is 11.5 Å². The number of aliphatic hydroxyl groups is 2. The lowest BCUT2D eigenvalue weighted by molar-refractivity contribution is -0.0224. The third-order valence-electron chi connectivity index (χ3n) is 2.67. The third-order valence-corrected chi connectivity index (χ3v) is 3.94. The van der Waals surface area contributed by atoms with Crippen LogP contribution in [-0.4, -0.2) is 60.2 Å². The van der Waals surface area contributed by atoms with E-state index in [1.54, 1.807) is 0 Å². The van der Waals surface area contributed by atoms with Crippen LogP contribution in [0.4, 0.5) is 0 Å². The van der Waals surface area contributed by atoms with Gasteiger partial charge in [0, 0.05) is 0 Å². The molecule has 1 aliphatic rings. The molecule has 1 aliphatic heterocycles. The van der Waals surface area contributed by atoms with Gasteiger partial charge in [-0.05, 0) is 11.5 Å². The molecule has 0 bridgehead atoms. The molecule has 1 aromatic heterocycles. The Hall–Kier alpha value is -0.980. The van der Waals surface area contributed by atoms with Gasteiger partial charge in [-0.2, -0.15) is 4.37 Å². The summed E-state index contributed by atoms with van der Waals surface area (Å²) in [6, 6.07) is 0. The van der Waals surface area contributed by atoms with Crippen molar-refractivity contribution in [1.29, 1.82) is 0 Å². The summed E-state index contributed by atoms with van der Waals surface area (Å²) in [5.74, 6) is -1.11. The summed E-state index contributed by atoms with van der Waals surface area (Å²) in [7, 11) is -4.72.